The molecule has 1 heterocycles. The van der Waals surface area contributed by atoms with Gasteiger partial charge in [0.15, 0.2) is 0 Å². The fourth-order valence-electron chi connectivity index (χ4n) is 1.53. The summed E-state index contributed by atoms with van der Waals surface area (Å²) in [5, 5.41) is 3.24. The topological polar surface area (TPSA) is 47.0 Å². The number of anilines is 1. The van der Waals surface area contributed by atoms with Crippen molar-refractivity contribution in [2.24, 2.45) is 0 Å². The van der Waals surface area contributed by atoms with E-state index in [0.29, 0.717) is 5.88 Å². The summed E-state index contributed by atoms with van der Waals surface area (Å²) >= 11 is 0. The Kier molecular flexibility index (Phi) is 4.12. The average Bonchev–Trinajstić information content (AvgIpc) is 2.37. The van der Waals surface area contributed by atoms with Gasteiger partial charge in [-0.05, 0) is 19.4 Å². The monoisotopic (exact) mass is 243 g/mol. The minimum atomic E-state index is 0.113. The molecule has 18 heavy (non-hydrogen) atoms. The van der Waals surface area contributed by atoms with Crippen LogP contribution in [-0.2, 0) is 6.54 Å². The number of nitrogens with one attached hydrogen (secondary N) is 1. The van der Waals surface area contributed by atoms with Gasteiger partial charge in [-0.3, -0.25) is 0 Å². The van der Waals surface area contributed by atoms with Gasteiger partial charge in [0.1, 0.15) is 12.1 Å². The van der Waals surface area contributed by atoms with Gasteiger partial charge in [-0.2, -0.15) is 0 Å². The molecule has 0 spiro atoms. The van der Waals surface area contributed by atoms with Gasteiger partial charge < -0.3 is 10.1 Å². The lowest BCUT2D eigenvalue weighted by atomic mass is 10.2. The van der Waals surface area contributed by atoms with Crippen LogP contribution in [0.25, 0.3) is 0 Å². The molecule has 0 fully saturated rings. The van der Waals surface area contributed by atoms with Crippen LogP contribution in [0.5, 0.6) is 5.88 Å². The first-order valence-electron chi connectivity index (χ1n) is 6.00. The van der Waals surface area contributed by atoms with Crippen LogP contribution in [0, 0.1) is 0 Å². The number of rotatable bonds is 5. The predicted molar refractivity (Wildman–Crippen MR) is 71.6 cm³/mol. The second-order valence-corrected chi connectivity index (χ2v) is 4.25. The Morgan fingerprint density at radius 2 is 1.94 bits per heavy atom. The Bertz CT molecular complexity index is 485. The number of hydrogen-bond donors (Lipinski definition) is 1. The lowest BCUT2D eigenvalue weighted by molar-refractivity contribution is 0.232. The molecule has 0 amide bonds. The van der Waals surface area contributed by atoms with Crippen LogP contribution in [0.1, 0.15) is 19.4 Å². The molecule has 0 bridgehead atoms. The Morgan fingerprint density at radius 1 is 1.17 bits per heavy atom. The van der Waals surface area contributed by atoms with E-state index in [4.69, 9.17) is 4.74 Å². The molecule has 0 aliphatic rings. The summed E-state index contributed by atoms with van der Waals surface area (Å²) in [6.07, 6.45) is 1.62. The van der Waals surface area contributed by atoms with E-state index < -0.39 is 0 Å². The molecular weight excluding hydrogens is 226 g/mol. The molecule has 0 aliphatic heterocycles. The van der Waals surface area contributed by atoms with Gasteiger partial charge in [0.25, 0.3) is 0 Å². The van der Waals surface area contributed by atoms with Gasteiger partial charge in [0.05, 0.1) is 6.10 Å². The molecule has 1 N–H and O–H groups in total. The number of nitrogens with zero attached hydrogens (tertiary/aromatic N) is 2. The summed E-state index contributed by atoms with van der Waals surface area (Å²) in [6, 6.07) is 12.0. The molecule has 0 radical (unpaired) electrons. The quantitative estimate of drug-likeness (QED) is 0.877. The zero-order chi connectivity index (χ0) is 12.8. The fraction of sp³-hybridized carbons (Fsp3) is 0.286. The molecule has 2 aromatic rings. The molecule has 4 heteroatoms. The van der Waals surface area contributed by atoms with Crippen LogP contribution in [-0.4, -0.2) is 16.1 Å². The number of hydrogen-bond acceptors (Lipinski definition) is 4. The molecule has 0 saturated carbocycles. The summed E-state index contributed by atoms with van der Waals surface area (Å²) in [4.78, 5) is 8.22. The molecule has 0 unspecified atom stereocenters. The van der Waals surface area contributed by atoms with E-state index in [1.165, 1.54) is 11.9 Å². The van der Waals surface area contributed by atoms with Crippen molar-refractivity contribution in [3.63, 3.8) is 0 Å². The summed E-state index contributed by atoms with van der Waals surface area (Å²) in [6.45, 7) is 4.68. The lowest BCUT2D eigenvalue weighted by Gasteiger charge is -2.10. The first-order chi connectivity index (χ1) is 8.74. The minimum absolute atomic E-state index is 0.113. The third-order valence-electron chi connectivity index (χ3n) is 2.31. The number of ether oxygens (including phenoxy) is 1. The first-order valence-corrected chi connectivity index (χ1v) is 6.00. The van der Waals surface area contributed by atoms with Crippen molar-refractivity contribution in [3.05, 3.63) is 48.3 Å². The van der Waals surface area contributed by atoms with E-state index >= 15 is 0 Å². The van der Waals surface area contributed by atoms with Crippen LogP contribution in [0.2, 0.25) is 0 Å². The van der Waals surface area contributed by atoms with E-state index in [1.54, 1.807) is 0 Å². The summed E-state index contributed by atoms with van der Waals surface area (Å²) in [5.74, 6) is 1.36. The van der Waals surface area contributed by atoms with Crippen molar-refractivity contribution in [3.8, 4) is 5.88 Å². The van der Waals surface area contributed by atoms with E-state index in [9.17, 15) is 0 Å². The highest BCUT2D eigenvalue weighted by atomic mass is 16.5. The SMILES string of the molecule is CC(C)Oc1cc(NCc2ccccc2)ncn1. The molecule has 0 aliphatic carbocycles. The van der Waals surface area contributed by atoms with Crippen molar-refractivity contribution in [2.45, 2.75) is 26.5 Å². The third-order valence-corrected chi connectivity index (χ3v) is 2.31. The fourth-order valence-corrected chi connectivity index (χ4v) is 1.53. The average molecular weight is 243 g/mol. The predicted octanol–water partition coefficient (Wildman–Crippen LogP) is 2.88. The molecular formula is C14H17N3O. The van der Waals surface area contributed by atoms with Gasteiger partial charge in [-0.25, -0.2) is 9.97 Å². The van der Waals surface area contributed by atoms with Gasteiger partial charge in [0.2, 0.25) is 5.88 Å². The zero-order valence-corrected chi connectivity index (χ0v) is 10.6. The van der Waals surface area contributed by atoms with Crippen LogP contribution in [0.3, 0.4) is 0 Å². The molecule has 0 saturated heterocycles. The molecule has 2 rings (SSSR count). The van der Waals surface area contributed by atoms with E-state index in [2.05, 4.69) is 27.4 Å². The Labute approximate surface area is 107 Å². The number of benzene rings is 1. The van der Waals surface area contributed by atoms with Crippen molar-refractivity contribution in [1.82, 2.24) is 9.97 Å². The Balaban J connectivity index is 1.97. The first kappa shape index (κ1) is 12.4. The van der Waals surface area contributed by atoms with Crippen molar-refractivity contribution in [1.29, 1.82) is 0 Å². The maximum Gasteiger partial charge on any atom is 0.218 e. The van der Waals surface area contributed by atoms with E-state index in [1.807, 2.05) is 38.1 Å². The lowest BCUT2D eigenvalue weighted by Crippen LogP contribution is -2.08. The normalized spacial score (nSPS) is 10.4. The van der Waals surface area contributed by atoms with Gasteiger partial charge in [-0.1, -0.05) is 30.3 Å². The van der Waals surface area contributed by atoms with E-state index in [-0.39, 0.29) is 6.10 Å². The third kappa shape index (κ3) is 3.73. The highest BCUT2D eigenvalue weighted by molar-refractivity contribution is 5.38. The summed E-state index contributed by atoms with van der Waals surface area (Å²) < 4.78 is 5.52. The molecule has 0 atom stereocenters. The molecule has 4 nitrogen and oxygen atoms in total. The number of aromatic nitrogens is 2. The molecule has 1 aromatic heterocycles. The highest BCUT2D eigenvalue weighted by Crippen LogP contribution is 2.13. The molecule has 94 valence electrons. The Morgan fingerprint density at radius 3 is 2.67 bits per heavy atom. The second kappa shape index (κ2) is 6.00. The van der Waals surface area contributed by atoms with E-state index in [0.717, 1.165) is 12.4 Å². The standard InChI is InChI=1S/C14H17N3O/c1-11(2)18-14-8-13(16-10-17-14)15-9-12-6-4-3-5-7-12/h3-8,10-11H,9H2,1-2H3,(H,15,16,17). The maximum atomic E-state index is 5.52. The second-order valence-electron chi connectivity index (χ2n) is 4.25. The largest absolute Gasteiger partial charge is 0.475 e. The van der Waals surface area contributed by atoms with Crippen LogP contribution in [0.15, 0.2) is 42.7 Å². The van der Waals surface area contributed by atoms with Crippen molar-refractivity contribution in [2.75, 3.05) is 5.32 Å². The minimum Gasteiger partial charge on any atom is -0.475 e. The zero-order valence-electron chi connectivity index (χ0n) is 10.6. The van der Waals surface area contributed by atoms with Crippen molar-refractivity contribution < 1.29 is 4.74 Å². The summed E-state index contributed by atoms with van der Waals surface area (Å²) in [5.41, 5.74) is 1.21. The van der Waals surface area contributed by atoms with Crippen LogP contribution < -0.4 is 10.1 Å². The molecule has 1 aromatic carbocycles. The maximum absolute atomic E-state index is 5.52. The smallest absolute Gasteiger partial charge is 0.218 e. The van der Waals surface area contributed by atoms with Crippen LogP contribution in [0.4, 0.5) is 5.82 Å². The van der Waals surface area contributed by atoms with Crippen molar-refractivity contribution >= 4 is 5.82 Å². The summed E-state index contributed by atoms with van der Waals surface area (Å²) in [7, 11) is 0. The van der Waals surface area contributed by atoms with Crippen LogP contribution >= 0.6 is 0 Å². The van der Waals surface area contributed by atoms with Gasteiger partial charge >= 0.3 is 0 Å². The highest BCUT2D eigenvalue weighted by Gasteiger charge is 2.01. The van der Waals surface area contributed by atoms with Gasteiger partial charge in [0, 0.05) is 12.6 Å². The van der Waals surface area contributed by atoms with Gasteiger partial charge in [-0.15, -0.1) is 0 Å². The Hall–Kier alpha value is -2.10.